The van der Waals surface area contributed by atoms with Crippen molar-refractivity contribution in [3.63, 3.8) is 0 Å². The molecule has 2 aliphatic carbocycles. The Morgan fingerprint density at radius 1 is 1.17 bits per heavy atom. The van der Waals surface area contributed by atoms with Gasteiger partial charge in [-0.1, -0.05) is 12.8 Å². The monoisotopic (exact) mass is 270 g/mol. The number of nitrogens with two attached hydrogens (primary N) is 1. The number of nitrogens with zero attached hydrogens (tertiary/aromatic N) is 1. The lowest BCUT2D eigenvalue weighted by atomic mass is 9.58. The predicted molar refractivity (Wildman–Crippen MR) is 82.1 cm³/mol. The second-order valence-electron chi connectivity index (χ2n) is 6.22. The molecule has 18 heavy (non-hydrogen) atoms. The molecule has 2 rings (SSSR count). The topological polar surface area (TPSA) is 29.3 Å². The molecule has 0 aromatic carbocycles. The molecule has 0 radical (unpaired) electrons. The maximum absolute atomic E-state index is 6.29. The standard InChI is InChI=1S/C15H30N2S/c1-17(10-5-11-18-2)15(12-16,13-6-3-7-13)14-8-4-9-14/h13-14H,3-12,16H2,1-2H3. The molecule has 0 unspecified atom stereocenters. The molecule has 0 bridgehead atoms. The summed E-state index contributed by atoms with van der Waals surface area (Å²) >= 11 is 1.96. The molecule has 3 heteroatoms. The Balaban J connectivity index is 2.01. The van der Waals surface area contributed by atoms with E-state index in [0.717, 1.165) is 18.4 Å². The molecule has 0 heterocycles. The summed E-state index contributed by atoms with van der Waals surface area (Å²) in [6, 6.07) is 0. The molecule has 2 saturated carbocycles. The van der Waals surface area contributed by atoms with Gasteiger partial charge in [0.1, 0.15) is 0 Å². The summed E-state index contributed by atoms with van der Waals surface area (Å²) < 4.78 is 0. The summed E-state index contributed by atoms with van der Waals surface area (Å²) in [5.41, 5.74) is 6.63. The Bertz CT molecular complexity index is 235. The number of likely N-dealkylation sites (N-methyl/N-ethyl adjacent to an activating group) is 1. The molecule has 2 fully saturated rings. The lowest BCUT2D eigenvalue weighted by molar-refractivity contribution is -0.0540. The van der Waals surface area contributed by atoms with Crippen LogP contribution in [0.25, 0.3) is 0 Å². The SMILES string of the molecule is CSCCCN(C)C(CN)(C1CCC1)C1CCC1. The fraction of sp³-hybridized carbons (Fsp3) is 1.00. The number of hydrogen-bond acceptors (Lipinski definition) is 3. The van der Waals surface area contributed by atoms with Gasteiger partial charge in [-0.05, 0) is 69.5 Å². The Morgan fingerprint density at radius 3 is 2.06 bits per heavy atom. The molecule has 2 N–H and O–H groups in total. The van der Waals surface area contributed by atoms with E-state index < -0.39 is 0 Å². The van der Waals surface area contributed by atoms with Gasteiger partial charge in [0.15, 0.2) is 0 Å². The van der Waals surface area contributed by atoms with Crippen molar-refractivity contribution in [3.05, 3.63) is 0 Å². The molecule has 0 aliphatic heterocycles. The number of thioether (sulfide) groups is 1. The Kier molecular flexibility index (Phi) is 5.40. The van der Waals surface area contributed by atoms with Crippen molar-refractivity contribution in [2.75, 3.05) is 32.1 Å². The van der Waals surface area contributed by atoms with Gasteiger partial charge in [0, 0.05) is 12.1 Å². The zero-order valence-electron chi connectivity index (χ0n) is 12.2. The summed E-state index contributed by atoms with van der Waals surface area (Å²) in [4.78, 5) is 2.65. The van der Waals surface area contributed by atoms with Gasteiger partial charge in [-0.25, -0.2) is 0 Å². The van der Waals surface area contributed by atoms with Gasteiger partial charge in [0.2, 0.25) is 0 Å². The van der Waals surface area contributed by atoms with E-state index in [1.165, 1.54) is 57.2 Å². The minimum Gasteiger partial charge on any atom is -0.329 e. The van der Waals surface area contributed by atoms with Gasteiger partial charge < -0.3 is 5.73 Å². The van der Waals surface area contributed by atoms with Crippen molar-refractivity contribution in [3.8, 4) is 0 Å². The summed E-state index contributed by atoms with van der Waals surface area (Å²) in [5, 5.41) is 0. The first-order valence-electron chi connectivity index (χ1n) is 7.66. The Morgan fingerprint density at radius 2 is 1.72 bits per heavy atom. The van der Waals surface area contributed by atoms with Gasteiger partial charge in [0.05, 0.1) is 0 Å². The highest BCUT2D eigenvalue weighted by Gasteiger charge is 2.50. The van der Waals surface area contributed by atoms with Crippen LogP contribution in [0.4, 0.5) is 0 Å². The minimum absolute atomic E-state index is 0.342. The highest BCUT2D eigenvalue weighted by Crippen LogP contribution is 2.49. The van der Waals surface area contributed by atoms with E-state index in [9.17, 15) is 0 Å². The van der Waals surface area contributed by atoms with E-state index in [-0.39, 0.29) is 0 Å². The van der Waals surface area contributed by atoms with Crippen LogP contribution in [0.2, 0.25) is 0 Å². The predicted octanol–water partition coefficient (Wildman–Crippen LogP) is 2.97. The van der Waals surface area contributed by atoms with Crippen LogP contribution in [0.15, 0.2) is 0 Å². The first-order chi connectivity index (χ1) is 8.75. The third-order valence-corrected chi connectivity index (χ3v) is 6.20. The second kappa shape index (κ2) is 6.62. The minimum atomic E-state index is 0.342. The molecule has 0 aromatic rings. The Labute approximate surface area is 117 Å². The van der Waals surface area contributed by atoms with Crippen LogP contribution in [-0.4, -0.2) is 42.6 Å². The molecule has 0 saturated heterocycles. The quantitative estimate of drug-likeness (QED) is 0.688. The number of hydrogen-bond donors (Lipinski definition) is 1. The van der Waals surface area contributed by atoms with Crippen molar-refractivity contribution in [1.29, 1.82) is 0 Å². The third kappa shape index (κ3) is 2.59. The second-order valence-corrected chi connectivity index (χ2v) is 7.20. The van der Waals surface area contributed by atoms with E-state index in [1.807, 2.05) is 11.8 Å². The normalized spacial score (nSPS) is 22.0. The van der Waals surface area contributed by atoms with Crippen molar-refractivity contribution >= 4 is 11.8 Å². The first-order valence-corrected chi connectivity index (χ1v) is 9.05. The van der Waals surface area contributed by atoms with E-state index in [2.05, 4.69) is 18.2 Å². The van der Waals surface area contributed by atoms with Crippen molar-refractivity contribution in [2.45, 2.75) is 50.5 Å². The van der Waals surface area contributed by atoms with Gasteiger partial charge in [-0.3, -0.25) is 4.90 Å². The van der Waals surface area contributed by atoms with Crippen LogP contribution in [0.3, 0.4) is 0 Å². The molecule has 0 atom stereocenters. The van der Waals surface area contributed by atoms with Gasteiger partial charge >= 0.3 is 0 Å². The van der Waals surface area contributed by atoms with Gasteiger partial charge in [-0.2, -0.15) is 11.8 Å². The molecule has 0 spiro atoms. The van der Waals surface area contributed by atoms with Gasteiger partial charge in [-0.15, -0.1) is 0 Å². The van der Waals surface area contributed by atoms with E-state index >= 15 is 0 Å². The lowest BCUT2D eigenvalue weighted by Gasteiger charge is -2.57. The smallest absolute Gasteiger partial charge is 0.0384 e. The molecule has 0 amide bonds. The maximum Gasteiger partial charge on any atom is 0.0384 e. The van der Waals surface area contributed by atoms with Crippen LogP contribution >= 0.6 is 11.8 Å². The highest BCUT2D eigenvalue weighted by molar-refractivity contribution is 7.98. The van der Waals surface area contributed by atoms with Crippen molar-refractivity contribution in [2.24, 2.45) is 17.6 Å². The fourth-order valence-corrected chi connectivity index (χ4v) is 4.33. The zero-order chi connectivity index (χ0) is 13.0. The molecular weight excluding hydrogens is 240 g/mol. The van der Waals surface area contributed by atoms with E-state index in [0.29, 0.717) is 5.54 Å². The molecule has 106 valence electrons. The number of rotatable bonds is 8. The Hall–Kier alpha value is 0.270. The molecule has 2 aliphatic rings. The maximum atomic E-state index is 6.29. The van der Waals surface area contributed by atoms with Crippen LogP contribution in [-0.2, 0) is 0 Å². The van der Waals surface area contributed by atoms with Crippen LogP contribution in [0.1, 0.15) is 44.9 Å². The van der Waals surface area contributed by atoms with Gasteiger partial charge in [0.25, 0.3) is 0 Å². The first kappa shape index (κ1) is 14.7. The van der Waals surface area contributed by atoms with Crippen molar-refractivity contribution < 1.29 is 0 Å². The largest absolute Gasteiger partial charge is 0.329 e. The fourth-order valence-electron chi connectivity index (χ4n) is 3.92. The zero-order valence-corrected chi connectivity index (χ0v) is 13.0. The highest BCUT2D eigenvalue weighted by atomic mass is 32.2. The van der Waals surface area contributed by atoms with Crippen LogP contribution in [0.5, 0.6) is 0 Å². The summed E-state index contributed by atoms with van der Waals surface area (Å²) in [7, 11) is 2.34. The summed E-state index contributed by atoms with van der Waals surface area (Å²) in [6.07, 6.45) is 12.0. The van der Waals surface area contributed by atoms with Crippen LogP contribution < -0.4 is 5.73 Å². The van der Waals surface area contributed by atoms with Crippen LogP contribution in [0, 0.1) is 11.8 Å². The molecular formula is C15H30N2S. The summed E-state index contributed by atoms with van der Waals surface area (Å²) in [5.74, 6) is 3.04. The average Bonchev–Trinajstić information content (AvgIpc) is 2.23. The molecule has 2 nitrogen and oxygen atoms in total. The summed E-state index contributed by atoms with van der Waals surface area (Å²) in [6.45, 7) is 2.10. The van der Waals surface area contributed by atoms with E-state index in [1.54, 1.807) is 0 Å². The molecule has 0 aromatic heterocycles. The van der Waals surface area contributed by atoms with Crippen molar-refractivity contribution in [1.82, 2.24) is 4.90 Å². The average molecular weight is 270 g/mol. The third-order valence-electron chi connectivity index (χ3n) is 5.50. The lowest BCUT2D eigenvalue weighted by Crippen LogP contribution is -2.64. The van der Waals surface area contributed by atoms with E-state index in [4.69, 9.17) is 5.73 Å².